The summed E-state index contributed by atoms with van der Waals surface area (Å²) in [6.45, 7) is 3.68. The van der Waals surface area contributed by atoms with Crippen molar-refractivity contribution < 1.29 is 18.7 Å². The number of para-hydroxylation sites is 1. The molecule has 0 radical (unpaired) electrons. The van der Waals surface area contributed by atoms with Crippen LogP contribution in [0.15, 0.2) is 63.8 Å². The van der Waals surface area contributed by atoms with Gasteiger partial charge in [0.15, 0.2) is 12.0 Å². The summed E-state index contributed by atoms with van der Waals surface area (Å²) in [5.74, 6) is -1.45. The predicted octanol–water partition coefficient (Wildman–Crippen LogP) is 3.31. The molecule has 1 amide bonds. The van der Waals surface area contributed by atoms with E-state index >= 15 is 0 Å². The van der Waals surface area contributed by atoms with Crippen molar-refractivity contribution in [2.75, 3.05) is 18.1 Å². The zero-order chi connectivity index (χ0) is 19.4. The second-order valence-electron chi connectivity index (χ2n) is 6.02. The maximum Gasteiger partial charge on any atom is 0.374 e. The molecule has 138 valence electrons. The van der Waals surface area contributed by atoms with E-state index < -0.39 is 12.6 Å². The molecule has 0 fully saturated rings. The van der Waals surface area contributed by atoms with E-state index in [9.17, 15) is 14.4 Å². The molecule has 0 atom stereocenters. The molecule has 0 saturated carbocycles. The van der Waals surface area contributed by atoms with E-state index in [1.165, 1.54) is 4.90 Å². The molecule has 6 heteroatoms. The fourth-order valence-corrected chi connectivity index (χ4v) is 2.76. The van der Waals surface area contributed by atoms with Gasteiger partial charge in [0.25, 0.3) is 5.91 Å². The van der Waals surface area contributed by atoms with E-state index in [0.29, 0.717) is 23.2 Å². The Morgan fingerprint density at radius 2 is 1.81 bits per heavy atom. The minimum atomic E-state index is -0.855. The smallest absolute Gasteiger partial charge is 0.374 e. The van der Waals surface area contributed by atoms with Crippen LogP contribution in [-0.4, -0.2) is 25.0 Å². The molecule has 1 aromatic heterocycles. The van der Waals surface area contributed by atoms with Gasteiger partial charge in [0.05, 0.1) is 5.39 Å². The first-order chi connectivity index (χ1) is 13.0. The zero-order valence-corrected chi connectivity index (χ0v) is 15.1. The highest BCUT2D eigenvalue weighted by Gasteiger charge is 2.19. The number of amides is 1. The molecule has 2 aromatic carbocycles. The Bertz CT molecular complexity index is 1040. The van der Waals surface area contributed by atoms with Crippen molar-refractivity contribution >= 4 is 28.5 Å². The molecule has 3 rings (SSSR count). The maximum atomic E-state index is 12.4. The summed E-state index contributed by atoms with van der Waals surface area (Å²) in [5, 5.41) is 0.392. The van der Waals surface area contributed by atoms with Crippen LogP contribution in [0.3, 0.4) is 0 Å². The summed E-state index contributed by atoms with van der Waals surface area (Å²) in [4.78, 5) is 38.3. The maximum absolute atomic E-state index is 12.4. The number of rotatable bonds is 5. The van der Waals surface area contributed by atoms with Crippen molar-refractivity contribution in [3.8, 4) is 0 Å². The van der Waals surface area contributed by atoms with Gasteiger partial charge in [-0.1, -0.05) is 29.8 Å². The molecule has 0 aliphatic heterocycles. The third-order valence-corrected chi connectivity index (χ3v) is 4.10. The monoisotopic (exact) mass is 365 g/mol. The summed E-state index contributed by atoms with van der Waals surface area (Å²) in [6, 6.07) is 15.3. The van der Waals surface area contributed by atoms with E-state index in [-0.39, 0.29) is 17.1 Å². The quantitative estimate of drug-likeness (QED) is 0.648. The molecule has 0 N–H and O–H groups in total. The molecule has 6 nitrogen and oxygen atoms in total. The lowest BCUT2D eigenvalue weighted by Gasteiger charge is -2.20. The van der Waals surface area contributed by atoms with Crippen LogP contribution in [0.2, 0.25) is 0 Å². The van der Waals surface area contributed by atoms with Crippen LogP contribution < -0.4 is 10.3 Å². The fourth-order valence-electron chi connectivity index (χ4n) is 2.76. The highest BCUT2D eigenvalue weighted by atomic mass is 16.5. The number of anilines is 1. The Morgan fingerprint density at radius 3 is 2.52 bits per heavy atom. The van der Waals surface area contributed by atoms with E-state index in [1.54, 1.807) is 30.3 Å². The number of benzene rings is 2. The first kappa shape index (κ1) is 18.4. The third kappa shape index (κ3) is 4.06. The molecule has 0 saturated heterocycles. The van der Waals surface area contributed by atoms with Crippen LogP contribution in [0, 0.1) is 6.92 Å². The molecule has 1 heterocycles. The first-order valence-electron chi connectivity index (χ1n) is 8.56. The number of hydrogen-bond donors (Lipinski definition) is 0. The van der Waals surface area contributed by atoms with E-state index in [2.05, 4.69) is 0 Å². The van der Waals surface area contributed by atoms with Crippen molar-refractivity contribution in [3.63, 3.8) is 0 Å². The van der Waals surface area contributed by atoms with Crippen molar-refractivity contribution in [3.05, 3.63) is 76.1 Å². The van der Waals surface area contributed by atoms with Crippen LogP contribution in [-0.2, 0) is 9.53 Å². The van der Waals surface area contributed by atoms with Gasteiger partial charge in [0, 0.05) is 18.3 Å². The summed E-state index contributed by atoms with van der Waals surface area (Å²) >= 11 is 0. The number of carbonyl (C=O) groups excluding carboxylic acids is 2. The average Bonchev–Trinajstić information content (AvgIpc) is 2.68. The van der Waals surface area contributed by atoms with Gasteiger partial charge in [0.2, 0.25) is 5.76 Å². The van der Waals surface area contributed by atoms with Crippen molar-refractivity contribution in [2.24, 2.45) is 0 Å². The molecule has 3 aromatic rings. The standard InChI is InChI=1S/C21H19NO5/c1-3-22(15-7-5-4-6-8-15)20(24)13-26-21(25)19-12-17(23)16-11-14(2)9-10-18(16)27-19/h4-12H,3,13H2,1-2H3. The minimum absolute atomic E-state index is 0.230. The van der Waals surface area contributed by atoms with Crippen molar-refractivity contribution in [2.45, 2.75) is 13.8 Å². The number of carbonyl (C=O) groups is 2. The lowest BCUT2D eigenvalue weighted by atomic mass is 10.1. The number of hydrogen-bond acceptors (Lipinski definition) is 5. The first-order valence-corrected chi connectivity index (χ1v) is 8.56. The third-order valence-electron chi connectivity index (χ3n) is 4.10. The molecular formula is C21H19NO5. The van der Waals surface area contributed by atoms with Crippen molar-refractivity contribution in [1.82, 2.24) is 0 Å². The Hall–Kier alpha value is -3.41. The Morgan fingerprint density at radius 1 is 1.07 bits per heavy atom. The number of aryl methyl sites for hydroxylation is 1. The molecular weight excluding hydrogens is 346 g/mol. The molecule has 27 heavy (non-hydrogen) atoms. The fraction of sp³-hybridized carbons (Fsp3) is 0.190. The molecule has 0 unspecified atom stereocenters. The minimum Gasteiger partial charge on any atom is -0.450 e. The lowest BCUT2D eigenvalue weighted by molar-refractivity contribution is -0.121. The number of likely N-dealkylation sites (N-methyl/N-ethyl adjacent to an activating group) is 1. The summed E-state index contributed by atoms with van der Waals surface area (Å²) in [6.07, 6.45) is 0. The molecule has 0 aliphatic rings. The van der Waals surface area contributed by atoms with Gasteiger partial charge in [-0.25, -0.2) is 4.79 Å². The summed E-state index contributed by atoms with van der Waals surface area (Å²) < 4.78 is 10.5. The highest BCUT2D eigenvalue weighted by Crippen LogP contribution is 2.16. The highest BCUT2D eigenvalue weighted by molar-refractivity contribution is 5.96. The van der Waals surface area contributed by atoms with Crippen LogP contribution in [0.25, 0.3) is 11.0 Å². The van der Waals surface area contributed by atoms with Gasteiger partial charge in [-0.2, -0.15) is 0 Å². The average molecular weight is 365 g/mol. The van der Waals surface area contributed by atoms with Crippen LogP contribution in [0.5, 0.6) is 0 Å². The van der Waals surface area contributed by atoms with Gasteiger partial charge in [0.1, 0.15) is 5.58 Å². The largest absolute Gasteiger partial charge is 0.450 e. The SMILES string of the molecule is CCN(C(=O)COC(=O)c1cc(=O)c2cc(C)ccc2o1)c1ccccc1. The number of fused-ring (bicyclic) bond motifs is 1. The summed E-state index contributed by atoms with van der Waals surface area (Å²) in [7, 11) is 0. The van der Waals surface area contributed by atoms with E-state index in [1.807, 2.05) is 32.0 Å². The Labute approximate surface area is 156 Å². The van der Waals surface area contributed by atoms with Crippen LogP contribution in [0.4, 0.5) is 5.69 Å². The zero-order valence-electron chi connectivity index (χ0n) is 15.1. The molecule has 0 bridgehead atoms. The Kier molecular flexibility index (Phi) is 5.35. The second kappa shape index (κ2) is 7.86. The Balaban J connectivity index is 1.74. The van der Waals surface area contributed by atoms with E-state index in [0.717, 1.165) is 11.6 Å². The second-order valence-corrected chi connectivity index (χ2v) is 6.02. The van der Waals surface area contributed by atoms with Gasteiger partial charge in [-0.3, -0.25) is 9.59 Å². The normalized spacial score (nSPS) is 10.6. The van der Waals surface area contributed by atoms with Gasteiger partial charge in [-0.05, 0) is 38.1 Å². The van der Waals surface area contributed by atoms with Crippen LogP contribution >= 0.6 is 0 Å². The lowest BCUT2D eigenvalue weighted by Crippen LogP contribution is -2.34. The predicted molar refractivity (Wildman–Crippen MR) is 102 cm³/mol. The number of nitrogens with zero attached hydrogens (tertiary/aromatic N) is 1. The van der Waals surface area contributed by atoms with E-state index in [4.69, 9.17) is 9.15 Å². The van der Waals surface area contributed by atoms with Crippen LogP contribution in [0.1, 0.15) is 23.0 Å². The summed E-state index contributed by atoms with van der Waals surface area (Å²) in [5.41, 5.74) is 1.59. The number of esters is 1. The molecule has 0 aliphatic carbocycles. The van der Waals surface area contributed by atoms with Gasteiger partial charge < -0.3 is 14.1 Å². The number of ether oxygens (including phenoxy) is 1. The molecule has 0 spiro atoms. The topological polar surface area (TPSA) is 76.8 Å². The van der Waals surface area contributed by atoms with Gasteiger partial charge in [-0.15, -0.1) is 0 Å². The van der Waals surface area contributed by atoms with Crippen molar-refractivity contribution in [1.29, 1.82) is 0 Å². The van der Waals surface area contributed by atoms with Gasteiger partial charge >= 0.3 is 5.97 Å².